The third-order valence-electron chi connectivity index (χ3n) is 1.40. The smallest absolute Gasteiger partial charge is 0.434 e. The van der Waals surface area contributed by atoms with Crippen molar-refractivity contribution in [3.63, 3.8) is 0 Å². The van der Waals surface area contributed by atoms with Crippen molar-refractivity contribution in [3.8, 4) is 0 Å². The van der Waals surface area contributed by atoms with Crippen LogP contribution >= 0.6 is 0 Å². The second kappa shape index (κ2) is 5.10. The van der Waals surface area contributed by atoms with Gasteiger partial charge in [0, 0.05) is 0 Å². The second-order valence-electron chi connectivity index (χ2n) is 4.58. The molecule has 0 amide bonds. The van der Waals surface area contributed by atoms with Gasteiger partial charge in [-0.05, 0) is 25.7 Å². The predicted octanol–water partition coefficient (Wildman–Crippen LogP) is 2.98. The summed E-state index contributed by atoms with van der Waals surface area (Å²) in [5.41, 5.74) is 0.193. The number of rotatable bonds is 3. The quantitative estimate of drug-likeness (QED) is 0.639. The topological polar surface area (TPSA) is 35.5 Å². The van der Waals surface area contributed by atoms with Gasteiger partial charge in [-0.1, -0.05) is 20.8 Å². The van der Waals surface area contributed by atoms with Crippen LogP contribution in [0.2, 0.25) is 0 Å². The summed E-state index contributed by atoms with van der Waals surface area (Å²) in [5.74, 6) is 0. The molecule has 0 rings (SSSR count). The van der Waals surface area contributed by atoms with Crippen molar-refractivity contribution in [1.29, 1.82) is 0 Å². The molecule has 0 atom stereocenters. The second-order valence-corrected chi connectivity index (χ2v) is 4.58. The van der Waals surface area contributed by atoms with Crippen LogP contribution in [0.15, 0.2) is 0 Å². The zero-order chi connectivity index (χ0) is 10.5. The number of hydrogen-bond donors (Lipinski definition) is 0. The van der Waals surface area contributed by atoms with Gasteiger partial charge in [0.05, 0.1) is 12.7 Å². The number of carbonyl (C=O) groups excluding carboxylic acids is 1. The van der Waals surface area contributed by atoms with Gasteiger partial charge < -0.3 is 9.47 Å². The van der Waals surface area contributed by atoms with Crippen LogP contribution in [-0.4, -0.2) is 18.9 Å². The van der Waals surface area contributed by atoms with Crippen LogP contribution in [0.25, 0.3) is 0 Å². The van der Waals surface area contributed by atoms with Crippen molar-refractivity contribution in [2.75, 3.05) is 6.61 Å². The van der Waals surface area contributed by atoms with Gasteiger partial charge in [-0.2, -0.15) is 0 Å². The summed E-state index contributed by atoms with van der Waals surface area (Å²) in [6.45, 7) is 10.3. The molecule has 0 aliphatic carbocycles. The Labute approximate surface area is 80.4 Å². The van der Waals surface area contributed by atoms with E-state index in [1.54, 1.807) is 13.8 Å². The molecule has 0 aromatic heterocycles. The van der Waals surface area contributed by atoms with Crippen LogP contribution in [-0.2, 0) is 9.47 Å². The lowest BCUT2D eigenvalue weighted by molar-refractivity contribution is 0.0292. The standard InChI is InChI=1S/C10H20O3/c1-8(2)13-9(11)12-7-6-10(3,4)5/h8H,6-7H2,1-5H3. The van der Waals surface area contributed by atoms with E-state index in [-0.39, 0.29) is 11.5 Å². The van der Waals surface area contributed by atoms with E-state index in [9.17, 15) is 4.79 Å². The van der Waals surface area contributed by atoms with Crippen molar-refractivity contribution in [3.05, 3.63) is 0 Å². The van der Waals surface area contributed by atoms with Crippen LogP contribution in [0.1, 0.15) is 41.0 Å². The Bertz CT molecular complexity index is 156. The Morgan fingerprint density at radius 3 is 2.23 bits per heavy atom. The molecule has 0 N–H and O–H groups in total. The van der Waals surface area contributed by atoms with Crippen molar-refractivity contribution in [1.82, 2.24) is 0 Å². The molecule has 3 heteroatoms. The van der Waals surface area contributed by atoms with E-state index in [0.29, 0.717) is 6.61 Å². The molecule has 0 aliphatic rings. The lowest BCUT2D eigenvalue weighted by Gasteiger charge is -2.17. The van der Waals surface area contributed by atoms with Gasteiger partial charge in [-0.3, -0.25) is 0 Å². The van der Waals surface area contributed by atoms with E-state index in [2.05, 4.69) is 20.8 Å². The molecule has 0 fully saturated rings. The van der Waals surface area contributed by atoms with E-state index in [1.807, 2.05) is 0 Å². The molecule has 0 radical (unpaired) electrons. The van der Waals surface area contributed by atoms with Crippen LogP contribution in [0.4, 0.5) is 4.79 Å². The van der Waals surface area contributed by atoms with Crippen molar-refractivity contribution in [2.45, 2.75) is 47.1 Å². The SMILES string of the molecule is CC(C)OC(=O)OCCC(C)(C)C. The Kier molecular flexibility index (Phi) is 4.81. The minimum absolute atomic E-state index is 0.109. The first-order valence-electron chi connectivity index (χ1n) is 4.65. The van der Waals surface area contributed by atoms with Gasteiger partial charge in [-0.25, -0.2) is 4.79 Å². The molecule has 0 aromatic carbocycles. The maximum Gasteiger partial charge on any atom is 0.508 e. The molecule has 0 heterocycles. The Balaban J connectivity index is 3.49. The lowest BCUT2D eigenvalue weighted by Crippen LogP contribution is -2.16. The van der Waals surface area contributed by atoms with Crippen LogP contribution in [0.5, 0.6) is 0 Å². The number of ether oxygens (including phenoxy) is 2. The van der Waals surface area contributed by atoms with Gasteiger partial charge in [0.15, 0.2) is 0 Å². The molecular weight excluding hydrogens is 168 g/mol. The average molecular weight is 188 g/mol. The zero-order valence-electron chi connectivity index (χ0n) is 9.22. The fraction of sp³-hybridized carbons (Fsp3) is 0.900. The molecule has 0 saturated heterocycles. The monoisotopic (exact) mass is 188 g/mol. The molecular formula is C10H20O3. The van der Waals surface area contributed by atoms with E-state index >= 15 is 0 Å². The average Bonchev–Trinajstić information content (AvgIpc) is 1.81. The maximum atomic E-state index is 10.9. The fourth-order valence-corrected chi connectivity index (χ4v) is 0.667. The van der Waals surface area contributed by atoms with Crippen LogP contribution < -0.4 is 0 Å². The number of hydrogen-bond acceptors (Lipinski definition) is 3. The van der Waals surface area contributed by atoms with E-state index < -0.39 is 6.16 Å². The van der Waals surface area contributed by atoms with E-state index in [1.165, 1.54) is 0 Å². The van der Waals surface area contributed by atoms with Gasteiger partial charge in [-0.15, -0.1) is 0 Å². The summed E-state index contributed by atoms with van der Waals surface area (Å²) >= 11 is 0. The first-order valence-corrected chi connectivity index (χ1v) is 4.65. The minimum atomic E-state index is -0.570. The van der Waals surface area contributed by atoms with Gasteiger partial charge in [0.25, 0.3) is 0 Å². The van der Waals surface area contributed by atoms with Crippen LogP contribution in [0.3, 0.4) is 0 Å². The molecule has 3 nitrogen and oxygen atoms in total. The Morgan fingerprint density at radius 1 is 1.31 bits per heavy atom. The molecule has 0 aromatic rings. The minimum Gasteiger partial charge on any atom is -0.434 e. The zero-order valence-corrected chi connectivity index (χ0v) is 9.22. The summed E-state index contributed by atoms with van der Waals surface area (Å²) < 4.78 is 9.67. The van der Waals surface area contributed by atoms with E-state index in [4.69, 9.17) is 9.47 Å². The van der Waals surface area contributed by atoms with Crippen molar-refractivity contribution >= 4 is 6.16 Å². The molecule has 0 bridgehead atoms. The largest absolute Gasteiger partial charge is 0.508 e. The maximum absolute atomic E-state index is 10.9. The first kappa shape index (κ1) is 12.3. The highest BCUT2D eigenvalue weighted by Gasteiger charge is 2.12. The highest BCUT2D eigenvalue weighted by molar-refractivity contribution is 5.59. The van der Waals surface area contributed by atoms with Crippen LogP contribution in [0, 0.1) is 5.41 Å². The molecule has 78 valence electrons. The Hall–Kier alpha value is -0.730. The molecule has 13 heavy (non-hydrogen) atoms. The van der Waals surface area contributed by atoms with Gasteiger partial charge in [0.2, 0.25) is 0 Å². The summed E-state index contributed by atoms with van der Waals surface area (Å²) in [7, 11) is 0. The molecule has 0 saturated carbocycles. The summed E-state index contributed by atoms with van der Waals surface area (Å²) in [4.78, 5) is 10.9. The summed E-state index contributed by atoms with van der Waals surface area (Å²) in [5, 5.41) is 0. The Morgan fingerprint density at radius 2 is 1.85 bits per heavy atom. The first-order chi connectivity index (χ1) is 5.81. The summed E-state index contributed by atoms with van der Waals surface area (Å²) in [6, 6.07) is 0. The van der Waals surface area contributed by atoms with Gasteiger partial charge >= 0.3 is 6.16 Å². The van der Waals surface area contributed by atoms with E-state index in [0.717, 1.165) is 6.42 Å². The fourth-order valence-electron chi connectivity index (χ4n) is 0.667. The highest BCUT2D eigenvalue weighted by Crippen LogP contribution is 2.17. The van der Waals surface area contributed by atoms with Crippen molar-refractivity contribution in [2.24, 2.45) is 5.41 Å². The predicted molar refractivity (Wildman–Crippen MR) is 51.6 cm³/mol. The molecule has 0 unspecified atom stereocenters. The summed E-state index contributed by atoms with van der Waals surface area (Å²) in [6.07, 6.45) is 0.168. The van der Waals surface area contributed by atoms with Crippen molar-refractivity contribution < 1.29 is 14.3 Å². The third kappa shape index (κ3) is 9.18. The van der Waals surface area contributed by atoms with Gasteiger partial charge in [0.1, 0.15) is 0 Å². The highest BCUT2D eigenvalue weighted by atomic mass is 16.7. The lowest BCUT2D eigenvalue weighted by atomic mass is 9.93. The third-order valence-corrected chi connectivity index (χ3v) is 1.40. The normalized spacial score (nSPS) is 11.5. The number of carbonyl (C=O) groups is 1. The molecule has 0 aliphatic heterocycles. The molecule has 0 spiro atoms.